The summed E-state index contributed by atoms with van der Waals surface area (Å²) in [5, 5.41) is 3.04. The zero-order valence-electron chi connectivity index (χ0n) is 15.2. The monoisotopic (exact) mass is 411 g/mol. The van der Waals surface area contributed by atoms with Gasteiger partial charge in [-0.05, 0) is 35.4 Å². The Morgan fingerprint density at radius 3 is 2.86 bits per heavy atom. The number of nitrogens with one attached hydrogen (secondary N) is 1. The maximum absolute atomic E-state index is 12.2. The minimum absolute atomic E-state index is 0.253. The summed E-state index contributed by atoms with van der Waals surface area (Å²) in [5.41, 5.74) is 1.44. The topological polar surface area (TPSA) is 95.6 Å². The van der Waals surface area contributed by atoms with Gasteiger partial charge in [-0.1, -0.05) is 28.4 Å². The number of fused-ring (bicyclic) bond motifs is 1. The van der Waals surface area contributed by atoms with E-state index in [0.29, 0.717) is 23.4 Å². The standard InChI is InChI=1S/C20H17N3O5S/c24-19-17-7-2-8-21-18(17)29-23(19)28-20(25)22-11-14-4-1-5-15(10-14)12-26-13-16-6-3-9-27-16/h1-10H,11-13H2,(H,22,25). The lowest BCUT2D eigenvalue weighted by molar-refractivity contribution is 0.0929. The van der Waals surface area contributed by atoms with Crippen LogP contribution in [-0.4, -0.2) is 15.2 Å². The van der Waals surface area contributed by atoms with Gasteiger partial charge in [0.2, 0.25) is 0 Å². The Balaban J connectivity index is 1.30. The Bertz CT molecular complexity index is 1170. The molecule has 0 atom stereocenters. The van der Waals surface area contributed by atoms with Crippen molar-refractivity contribution in [1.29, 1.82) is 0 Å². The molecule has 0 aliphatic carbocycles. The van der Waals surface area contributed by atoms with Crippen molar-refractivity contribution >= 4 is 27.8 Å². The highest BCUT2D eigenvalue weighted by Crippen LogP contribution is 2.12. The quantitative estimate of drug-likeness (QED) is 0.502. The third kappa shape index (κ3) is 4.71. The van der Waals surface area contributed by atoms with E-state index in [-0.39, 0.29) is 6.54 Å². The number of carbonyl (C=O) groups is 1. The fourth-order valence-corrected chi connectivity index (χ4v) is 3.49. The maximum Gasteiger partial charge on any atom is 0.433 e. The first-order valence-electron chi connectivity index (χ1n) is 8.80. The third-order valence-corrected chi connectivity index (χ3v) is 4.93. The van der Waals surface area contributed by atoms with Crippen molar-refractivity contribution in [3.8, 4) is 0 Å². The van der Waals surface area contributed by atoms with Crippen LogP contribution in [0, 0.1) is 0 Å². The molecule has 8 nitrogen and oxygen atoms in total. The van der Waals surface area contributed by atoms with Crippen LogP contribution >= 0.6 is 11.5 Å². The summed E-state index contributed by atoms with van der Waals surface area (Å²) in [6.07, 6.45) is 2.46. The maximum atomic E-state index is 12.2. The number of pyridine rings is 1. The lowest BCUT2D eigenvalue weighted by atomic mass is 10.1. The van der Waals surface area contributed by atoms with Crippen molar-refractivity contribution in [3.05, 3.63) is 88.2 Å². The molecule has 0 aliphatic rings. The number of carbonyl (C=O) groups excluding carboxylic acids is 1. The highest BCUT2D eigenvalue weighted by atomic mass is 32.1. The first-order chi connectivity index (χ1) is 14.2. The van der Waals surface area contributed by atoms with Crippen LogP contribution in [0.25, 0.3) is 10.2 Å². The van der Waals surface area contributed by atoms with E-state index in [1.807, 2.05) is 36.4 Å². The molecule has 0 bridgehead atoms. The second-order valence-corrected chi connectivity index (χ2v) is 7.03. The lowest BCUT2D eigenvalue weighted by Gasteiger charge is -2.08. The molecule has 1 aromatic carbocycles. The number of hydrogen-bond donors (Lipinski definition) is 1. The van der Waals surface area contributed by atoms with E-state index in [4.69, 9.17) is 14.0 Å². The minimum atomic E-state index is -0.724. The van der Waals surface area contributed by atoms with Crippen molar-refractivity contribution in [2.75, 3.05) is 0 Å². The molecule has 0 unspecified atom stereocenters. The van der Waals surface area contributed by atoms with E-state index in [1.165, 1.54) is 0 Å². The molecule has 3 aromatic heterocycles. The van der Waals surface area contributed by atoms with Gasteiger partial charge in [0.05, 0.1) is 18.3 Å². The molecule has 3 heterocycles. The van der Waals surface area contributed by atoms with Crippen molar-refractivity contribution in [2.24, 2.45) is 0 Å². The second kappa shape index (κ2) is 8.72. The van der Waals surface area contributed by atoms with Crippen molar-refractivity contribution in [3.63, 3.8) is 0 Å². The summed E-state index contributed by atoms with van der Waals surface area (Å²) >= 11 is 0.970. The largest absolute Gasteiger partial charge is 0.467 e. The van der Waals surface area contributed by atoms with Crippen molar-refractivity contribution in [2.45, 2.75) is 19.8 Å². The summed E-state index contributed by atoms with van der Waals surface area (Å²) in [4.78, 5) is 33.9. The molecule has 29 heavy (non-hydrogen) atoms. The second-order valence-electron chi connectivity index (χ2n) is 6.13. The van der Waals surface area contributed by atoms with E-state index in [0.717, 1.165) is 32.5 Å². The van der Waals surface area contributed by atoms with Crippen LogP contribution in [0.5, 0.6) is 0 Å². The molecular weight excluding hydrogens is 394 g/mol. The van der Waals surface area contributed by atoms with Crippen molar-refractivity contribution < 1.29 is 18.8 Å². The zero-order valence-corrected chi connectivity index (χ0v) is 16.1. The van der Waals surface area contributed by atoms with Gasteiger partial charge in [0.1, 0.15) is 17.2 Å². The SMILES string of the molecule is O=C(NCc1cccc(COCc2ccco2)c1)On1sc2ncccc2c1=O. The summed E-state index contributed by atoms with van der Waals surface area (Å²) in [5.74, 6) is 0.761. The van der Waals surface area contributed by atoms with Gasteiger partial charge in [-0.15, -0.1) is 0 Å². The van der Waals surface area contributed by atoms with E-state index in [1.54, 1.807) is 24.6 Å². The normalized spacial score (nSPS) is 10.9. The molecule has 0 saturated heterocycles. The first kappa shape index (κ1) is 18.9. The van der Waals surface area contributed by atoms with E-state index in [9.17, 15) is 9.59 Å². The van der Waals surface area contributed by atoms with E-state index < -0.39 is 11.7 Å². The Labute approximate surface area is 169 Å². The van der Waals surface area contributed by atoms with Crippen LogP contribution < -0.4 is 15.7 Å². The van der Waals surface area contributed by atoms with Crippen LogP contribution in [0.3, 0.4) is 0 Å². The van der Waals surface area contributed by atoms with Crippen LogP contribution in [0.4, 0.5) is 4.79 Å². The average molecular weight is 411 g/mol. The molecule has 0 spiro atoms. The molecule has 0 radical (unpaired) electrons. The number of hydrogen-bond acceptors (Lipinski definition) is 7. The zero-order chi connectivity index (χ0) is 20.1. The highest BCUT2D eigenvalue weighted by molar-refractivity contribution is 7.13. The van der Waals surface area contributed by atoms with Gasteiger partial charge < -0.3 is 19.3 Å². The Kier molecular flexibility index (Phi) is 5.68. The number of amides is 1. The van der Waals surface area contributed by atoms with Gasteiger partial charge in [-0.25, -0.2) is 9.78 Å². The predicted octanol–water partition coefficient (Wildman–Crippen LogP) is 3.11. The molecule has 0 aliphatic heterocycles. The van der Waals surface area contributed by atoms with Crippen molar-refractivity contribution in [1.82, 2.24) is 14.4 Å². The summed E-state index contributed by atoms with van der Waals surface area (Å²) in [6.45, 7) is 1.06. The number of ether oxygens (including phenoxy) is 1. The van der Waals surface area contributed by atoms with Crippen LogP contribution in [0.1, 0.15) is 16.9 Å². The van der Waals surface area contributed by atoms with E-state index in [2.05, 4.69) is 10.3 Å². The van der Waals surface area contributed by atoms with Gasteiger partial charge in [0.25, 0.3) is 0 Å². The number of aromatic nitrogens is 2. The third-order valence-electron chi connectivity index (χ3n) is 4.02. The van der Waals surface area contributed by atoms with Gasteiger partial charge in [-0.2, -0.15) is 0 Å². The van der Waals surface area contributed by atoms with Crippen LogP contribution in [-0.2, 0) is 24.5 Å². The summed E-state index contributed by atoms with van der Waals surface area (Å²) < 4.78 is 11.8. The fraction of sp³-hybridized carbons (Fsp3) is 0.150. The molecule has 1 amide bonds. The number of benzene rings is 1. The van der Waals surface area contributed by atoms with Crippen LogP contribution in [0.15, 0.2) is 70.2 Å². The number of nitrogens with zero attached hydrogens (tertiary/aromatic N) is 2. The van der Waals surface area contributed by atoms with Gasteiger partial charge in [-0.3, -0.25) is 4.79 Å². The molecule has 0 fully saturated rings. The molecular formula is C20H17N3O5S. The summed E-state index contributed by atoms with van der Waals surface area (Å²) in [6, 6.07) is 14.6. The minimum Gasteiger partial charge on any atom is -0.467 e. The molecule has 9 heteroatoms. The fourth-order valence-electron chi connectivity index (χ4n) is 2.68. The highest BCUT2D eigenvalue weighted by Gasteiger charge is 2.12. The molecule has 4 aromatic rings. The van der Waals surface area contributed by atoms with Gasteiger partial charge in [0, 0.05) is 24.3 Å². The number of rotatable bonds is 7. The molecule has 4 rings (SSSR count). The lowest BCUT2D eigenvalue weighted by Crippen LogP contribution is -2.34. The Hall–Kier alpha value is -3.43. The Morgan fingerprint density at radius 2 is 2.03 bits per heavy atom. The smallest absolute Gasteiger partial charge is 0.433 e. The molecule has 0 saturated carbocycles. The Morgan fingerprint density at radius 1 is 1.14 bits per heavy atom. The molecule has 148 valence electrons. The van der Waals surface area contributed by atoms with Crippen LogP contribution in [0.2, 0.25) is 0 Å². The molecule has 1 N–H and O–H groups in total. The predicted molar refractivity (Wildman–Crippen MR) is 106 cm³/mol. The first-order valence-corrected chi connectivity index (χ1v) is 9.57. The number of furan rings is 1. The summed E-state index contributed by atoms with van der Waals surface area (Å²) in [7, 11) is 0. The average Bonchev–Trinajstić information content (AvgIpc) is 3.36. The van der Waals surface area contributed by atoms with Gasteiger partial charge in [0.15, 0.2) is 0 Å². The van der Waals surface area contributed by atoms with Gasteiger partial charge >= 0.3 is 11.7 Å². The van der Waals surface area contributed by atoms with E-state index >= 15 is 0 Å².